The number of aromatic nitrogens is 1. The second-order valence-electron chi connectivity index (χ2n) is 9.37. The van der Waals surface area contributed by atoms with Crippen molar-refractivity contribution in [1.29, 1.82) is 0 Å². The number of amides is 2. The maximum absolute atomic E-state index is 12.9. The van der Waals surface area contributed by atoms with Crippen molar-refractivity contribution in [3.63, 3.8) is 0 Å². The first kappa shape index (κ1) is 28.0. The van der Waals surface area contributed by atoms with Crippen molar-refractivity contribution >= 4 is 29.3 Å². The van der Waals surface area contributed by atoms with Gasteiger partial charge < -0.3 is 15.2 Å². The summed E-state index contributed by atoms with van der Waals surface area (Å²) in [6, 6.07) is 26.9. The number of carboxylic acid groups (broad SMARTS) is 1. The zero-order valence-electron chi connectivity index (χ0n) is 22.4. The van der Waals surface area contributed by atoms with Gasteiger partial charge in [0.2, 0.25) is 0 Å². The third-order valence-corrected chi connectivity index (χ3v) is 6.61. The predicted octanol–water partition coefficient (Wildman–Crippen LogP) is 6.62. The monoisotopic (exact) mass is 537 g/mol. The zero-order chi connectivity index (χ0) is 28.5. The molecule has 0 saturated heterocycles. The van der Waals surface area contributed by atoms with Gasteiger partial charge in [-0.1, -0.05) is 66.7 Å². The lowest BCUT2D eigenvalue weighted by Gasteiger charge is -2.13. The highest BCUT2D eigenvalue weighted by atomic mass is 16.5. The number of benzene rings is 3. The number of ketones is 1. The van der Waals surface area contributed by atoms with Crippen LogP contribution in [-0.2, 0) is 11.2 Å². The van der Waals surface area contributed by atoms with Crippen molar-refractivity contribution in [2.75, 3.05) is 17.7 Å². The van der Waals surface area contributed by atoms with E-state index in [4.69, 9.17) is 4.74 Å². The molecule has 4 rings (SSSR count). The van der Waals surface area contributed by atoms with E-state index in [0.717, 1.165) is 16.7 Å². The van der Waals surface area contributed by atoms with E-state index in [-0.39, 0.29) is 12.2 Å². The lowest BCUT2D eigenvalue weighted by Crippen LogP contribution is -2.20. The van der Waals surface area contributed by atoms with Crippen molar-refractivity contribution < 1.29 is 24.2 Å². The van der Waals surface area contributed by atoms with E-state index < -0.39 is 17.9 Å². The highest BCUT2D eigenvalue weighted by Gasteiger charge is 2.22. The quantitative estimate of drug-likeness (QED) is 0.185. The van der Waals surface area contributed by atoms with Gasteiger partial charge in [-0.05, 0) is 55.2 Å². The molecule has 40 heavy (non-hydrogen) atoms. The summed E-state index contributed by atoms with van der Waals surface area (Å²) < 4.78 is 5.25. The molecule has 1 heterocycles. The average molecular weight is 538 g/mol. The summed E-state index contributed by atoms with van der Waals surface area (Å²) in [6.45, 7) is 1.84. The van der Waals surface area contributed by atoms with E-state index in [2.05, 4.69) is 15.6 Å². The second-order valence-corrected chi connectivity index (χ2v) is 9.37. The third-order valence-electron chi connectivity index (χ3n) is 6.61. The Hall–Kier alpha value is -4.98. The number of anilines is 2. The molecule has 4 aromatic rings. The van der Waals surface area contributed by atoms with Crippen LogP contribution in [0.4, 0.5) is 16.3 Å². The molecule has 0 spiro atoms. The second kappa shape index (κ2) is 13.2. The Balaban J connectivity index is 1.37. The van der Waals surface area contributed by atoms with Crippen LogP contribution in [0.3, 0.4) is 0 Å². The SMILES string of the molecule is COc1ccccc1NC(=O)Nc1ccc(-c2ccc(C(=O)CC(CCc3ccccc3)C(=O)O)cc2)c(C)n1. The van der Waals surface area contributed by atoms with Crippen LogP contribution < -0.4 is 15.4 Å². The number of rotatable bonds is 11. The number of hydrogen-bond acceptors (Lipinski definition) is 5. The average Bonchev–Trinajstić information content (AvgIpc) is 2.96. The molecule has 8 heteroatoms. The number of carboxylic acids is 1. The van der Waals surface area contributed by atoms with Gasteiger partial charge in [0, 0.05) is 23.2 Å². The highest BCUT2D eigenvalue weighted by molar-refractivity contribution is 6.00. The van der Waals surface area contributed by atoms with E-state index in [0.29, 0.717) is 41.4 Å². The van der Waals surface area contributed by atoms with Crippen LogP contribution in [0.25, 0.3) is 11.1 Å². The number of methoxy groups -OCH3 is 1. The van der Waals surface area contributed by atoms with Crippen molar-refractivity contribution in [3.8, 4) is 16.9 Å². The number of nitrogens with one attached hydrogen (secondary N) is 2. The van der Waals surface area contributed by atoms with Gasteiger partial charge in [0.05, 0.1) is 18.7 Å². The third kappa shape index (κ3) is 7.32. The zero-order valence-corrected chi connectivity index (χ0v) is 22.4. The first-order chi connectivity index (χ1) is 19.3. The van der Waals surface area contributed by atoms with Crippen molar-refractivity contribution in [1.82, 2.24) is 4.98 Å². The standard InChI is InChI=1S/C32H31N3O5/c1-21-26(18-19-30(33-21)35-32(39)34-27-10-6-7-11-29(27)40-2)23-14-16-24(17-15-23)28(36)20-25(31(37)38)13-12-22-8-4-3-5-9-22/h3-11,14-19,25H,12-13,20H2,1-2H3,(H,37,38)(H2,33,34,35,39). The largest absolute Gasteiger partial charge is 0.495 e. The summed E-state index contributed by atoms with van der Waals surface area (Å²) in [5, 5.41) is 15.1. The minimum Gasteiger partial charge on any atom is -0.495 e. The van der Waals surface area contributed by atoms with Gasteiger partial charge in [-0.25, -0.2) is 9.78 Å². The first-order valence-electron chi connectivity index (χ1n) is 12.9. The minimum absolute atomic E-state index is 0.0562. The summed E-state index contributed by atoms with van der Waals surface area (Å²) in [6.07, 6.45) is 0.938. The van der Waals surface area contributed by atoms with Gasteiger partial charge in [-0.15, -0.1) is 0 Å². The molecule has 0 aliphatic heterocycles. The van der Waals surface area contributed by atoms with Gasteiger partial charge >= 0.3 is 12.0 Å². The van der Waals surface area contributed by atoms with Gasteiger partial charge in [0.25, 0.3) is 0 Å². The van der Waals surface area contributed by atoms with Crippen LogP contribution in [0.5, 0.6) is 5.75 Å². The predicted molar refractivity (Wildman–Crippen MR) is 155 cm³/mol. The Bertz CT molecular complexity index is 1490. The number of Topliss-reactive ketones (excluding diaryl/α,β-unsaturated/α-hetero) is 1. The van der Waals surface area contributed by atoms with E-state index in [9.17, 15) is 19.5 Å². The fraction of sp³-hybridized carbons (Fsp3) is 0.188. The summed E-state index contributed by atoms with van der Waals surface area (Å²) in [5.74, 6) is -0.991. The number of aliphatic carboxylic acids is 1. The topological polar surface area (TPSA) is 118 Å². The number of nitrogens with zero attached hydrogens (tertiary/aromatic N) is 1. The van der Waals surface area contributed by atoms with E-state index in [1.807, 2.05) is 61.5 Å². The normalized spacial score (nSPS) is 11.3. The number of aryl methyl sites for hydroxylation is 2. The number of urea groups is 1. The molecule has 1 atom stereocenters. The summed E-state index contributed by atoms with van der Waals surface area (Å²) in [7, 11) is 1.53. The number of pyridine rings is 1. The van der Waals surface area contributed by atoms with Crippen LogP contribution in [0, 0.1) is 12.8 Å². The Labute approximate surface area is 233 Å². The van der Waals surface area contributed by atoms with Crippen LogP contribution in [0.1, 0.15) is 34.5 Å². The van der Waals surface area contributed by atoms with Crippen molar-refractivity contribution in [2.24, 2.45) is 5.92 Å². The van der Waals surface area contributed by atoms with E-state index in [1.165, 1.54) is 7.11 Å². The molecule has 3 N–H and O–H groups in total. The van der Waals surface area contributed by atoms with Crippen LogP contribution >= 0.6 is 0 Å². The Kier molecular flexibility index (Phi) is 9.25. The fourth-order valence-electron chi connectivity index (χ4n) is 4.43. The number of ether oxygens (including phenoxy) is 1. The summed E-state index contributed by atoms with van der Waals surface area (Å²) in [5.41, 5.74) is 4.45. The van der Waals surface area contributed by atoms with E-state index in [1.54, 1.807) is 36.4 Å². The molecule has 0 radical (unpaired) electrons. The number of hydrogen-bond donors (Lipinski definition) is 3. The molecule has 204 valence electrons. The van der Waals surface area contributed by atoms with Gasteiger partial charge in [0.1, 0.15) is 11.6 Å². The van der Waals surface area contributed by atoms with Crippen LogP contribution in [0.2, 0.25) is 0 Å². The molecule has 3 aromatic carbocycles. The van der Waals surface area contributed by atoms with Gasteiger partial charge in [-0.3, -0.25) is 14.9 Å². The maximum atomic E-state index is 12.9. The molecule has 0 bridgehead atoms. The number of carbonyl (C=O) groups is 3. The number of carbonyl (C=O) groups excluding carboxylic acids is 2. The van der Waals surface area contributed by atoms with E-state index >= 15 is 0 Å². The Morgan fingerprint density at radius 2 is 1.57 bits per heavy atom. The molecule has 1 unspecified atom stereocenters. The Morgan fingerprint density at radius 1 is 0.875 bits per heavy atom. The smallest absolute Gasteiger partial charge is 0.324 e. The molecular weight excluding hydrogens is 506 g/mol. The molecule has 8 nitrogen and oxygen atoms in total. The summed E-state index contributed by atoms with van der Waals surface area (Å²) in [4.78, 5) is 41.6. The lowest BCUT2D eigenvalue weighted by atomic mass is 9.92. The minimum atomic E-state index is -0.965. The van der Waals surface area contributed by atoms with Crippen molar-refractivity contribution in [3.05, 3.63) is 108 Å². The van der Waals surface area contributed by atoms with Gasteiger partial charge in [-0.2, -0.15) is 0 Å². The highest BCUT2D eigenvalue weighted by Crippen LogP contribution is 2.26. The molecule has 1 aromatic heterocycles. The maximum Gasteiger partial charge on any atom is 0.324 e. The molecule has 0 aliphatic carbocycles. The molecule has 2 amide bonds. The molecule has 0 aliphatic rings. The molecule has 0 fully saturated rings. The first-order valence-corrected chi connectivity index (χ1v) is 12.9. The number of para-hydroxylation sites is 2. The van der Waals surface area contributed by atoms with Crippen molar-refractivity contribution in [2.45, 2.75) is 26.2 Å². The Morgan fingerprint density at radius 3 is 2.25 bits per heavy atom. The van der Waals surface area contributed by atoms with Crippen LogP contribution in [-0.4, -0.2) is 35.0 Å². The molecule has 0 saturated carbocycles. The fourth-order valence-corrected chi connectivity index (χ4v) is 4.43. The summed E-state index contributed by atoms with van der Waals surface area (Å²) >= 11 is 0. The van der Waals surface area contributed by atoms with Crippen LogP contribution in [0.15, 0.2) is 91.0 Å². The molecular formula is C32H31N3O5. The van der Waals surface area contributed by atoms with Gasteiger partial charge in [0.15, 0.2) is 5.78 Å². The lowest BCUT2D eigenvalue weighted by molar-refractivity contribution is -0.141.